The van der Waals surface area contributed by atoms with Crippen LogP contribution in [0, 0.1) is 0 Å². The molecule has 0 bridgehead atoms. The highest BCUT2D eigenvalue weighted by molar-refractivity contribution is 5.81. The standard InChI is InChI=1S/C16H20N2O2/c1-12(15-8-5-11-20-15)18-16(19)14(17)10-9-13-6-3-2-4-7-13/h2-8,11-12,14H,9-10,17H2,1H3,(H,18,19)/t12-,14-/m0/s1. The Morgan fingerprint density at radius 1 is 1.25 bits per heavy atom. The van der Waals surface area contributed by atoms with Crippen LogP contribution in [0.15, 0.2) is 53.1 Å². The van der Waals surface area contributed by atoms with E-state index in [4.69, 9.17) is 10.2 Å². The van der Waals surface area contributed by atoms with Crippen molar-refractivity contribution in [3.05, 3.63) is 60.1 Å². The minimum Gasteiger partial charge on any atom is -0.467 e. The Morgan fingerprint density at radius 3 is 2.65 bits per heavy atom. The minimum atomic E-state index is -0.507. The van der Waals surface area contributed by atoms with Crippen LogP contribution < -0.4 is 11.1 Å². The molecule has 2 atom stereocenters. The fraction of sp³-hybridized carbons (Fsp3) is 0.312. The van der Waals surface area contributed by atoms with Gasteiger partial charge in [0.2, 0.25) is 5.91 Å². The molecule has 0 saturated heterocycles. The fourth-order valence-electron chi connectivity index (χ4n) is 2.03. The third kappa shape index (κ3) is 3.96. The molecule has 0 saturated carbocycles. The van der Waals surface area contributed by atoms with Crippen LogP contribution in [-0.2, 0) is 11.2 Å². The maximum Gasteiger partial charge on any atom is 0.237 e. The smallest absolute Gasteiger partial charge is 0.237 e. The van der Waals surface area contributed by atoms with Crippen molar-refractivity contribution in [1.29, 1.82) is 0 Å². The summed E-state index contributed by atoms with van der Waals surface area (Å²) in [5, 5.41) is 2.86. The minimum absolute atomic E-state index is 0.148. The van der Waals surface area contributed by atoms with E-state index in [2.05, 4.69) is 5.32 Å². The first-order chi connectivity index (χ1) is 9.66. The molecular formula is C16H20N2O2. The van der Waals surface area contributed by atoms with Crippen LogP contribution in [-0.4, -0.2) is 11.9 Å². The summed E-state index contributed by atoms with van der Waals surface area (Å²) in [6.07, 6.45) is 3.01. The molecule has 4 heteroatoms. The number of nitrogens with two attached hydrogens (primary N) is 1. The number of furan rings is 1. The van der Waals surface area contributed by atoms with E-state index in [0.717, 1.165) is 12.2 Å². The van der Waals surface area contributed by atoms with Gasteiger partial charge in [-0.3, -0.25) is 4.79 Å². The predicted octanol–water partition coefficient (Wildman–Crippen LogP) is 2.42. The SMILES string of the molecule is C[C@H](NC(=O)[C@@H](N)CCc1ccccc1)c1ccco1. The van der Waals surface area contributed by atoms with Crippen LogP contribution in [0.1, 0.15) is 30.7 Å². The van der Waals surface area contributed by atoms with E-state index in [0.29, 0.717) is 6.42 Å². The lowest BCUT2D eigenvalue weighted by Crippen LogP contribution is -2.41. The highest BCUT2D eigenvalue weighted by Crippen LogP contribution is 2.12. The normalized spacial score (nSPS) is 13.7. The molecule has 0 aliphatic heterocycles. The van der Waals surface area contributed by atoms with E-state index in [1.54, 1.807) is 12.3 Å². The molecule has 2 aromatic rings. The van der Waals surface area contributed by atoms with Gasteiger partial charge < -0.3 is 15.5 Å². The van der Waals surface area contributed by atoms with E-state index >= 15 is 0 Å². The first kappa shape index (κ1) is 14.3. The number of carbonyl (C=O) groups excluding carboxylic acids is 1. The lowest BCUT2D eigenvalue weighted by molar-refractivity contribution is -0.123. The van der Waals surface area contributed by atoms with Gasteiger partial charge in [-0.1, -0.05) is 30.3 Å². The first-order valence-corrected chi connectivity index (χ1v) is 6.80. The average Bonchev–Trinajstić information content (AvgIpc) is 3.00. The summed E-state index contributed by atoms with van der Waals surface area (Å²) in [7, 11) is 0. The molecule has 1 aromatic carbocycles. The number of hydrogen-bond donors (Lipinski definition) is 2. The first-order valence-electron chi connectivity index (χ1n) is 6.80. The third-order valence-electron chi connectivity index (χ3n) is 3.25. The van der Waals surface area contributed by atoms with Crippen molar-refractivity contribution in [2.75, 3.05) is 0 Å². The summed E-state index contributed by atoms with van der Waals surface area (Å²) in [4.78, 5) is 12.0. The number of aryl methyl sites for hydroxylation is 1. The maximum atomic E-state index is 12.0. The van der Waals surface area contributed by atoms with Gasteiger partial charge in [0, 0.05) is 0 Å². The van der Waals surface area contributed by atoms with Crippen LogP contribution in [0.2, 0.25) is 0 Å². The molecule has 3 N–H and O–H groups in total. The second kappa shape index (κ2) is 6.91. The van der Waals surface area contributed by atoms with Gasteiger partial charge in [-0.25, -0.2) is 0 Å². The van der Waals surface area contributed by atoms with Gasteiger partial charge in [-0.15, -0.1) is 0 Å². The van der Waals surface area contributed by atoms with Gasteiger partial charge in [0.25, 0.3) is 0 Å². The quantitative estimate of drug-likeness (QED) is 0.848. The second-order valence-corrected chi connectivity index (χ2v) is 4.88. The maximum absolute atomic E-state index is 12.0. The van der Waals surface area contributed by atoms with Crippen molar-refractivity contribution in [3.63, 3.8) is 0 Å². The van der Waals surface area contributed by atoms with E-state index in [1.165, 1.54) is 5.56 Å². The Balaban J connectivity index is 1.80. The Morgan fingerprint density at radius 2 is 2.00 bits per heavy atom. The molecule has 4 nitrogen and oxygen atoms in total. The van der Waals surface area contributed by atoms with Crippen molar-refractivity contribution in [2.24, 2.45) is 5.73 Å². The summed E-state index contributed by atoms with van der Waals surface area (Å²) in [6.45, 7) is 1.88. The zero-order valence-corrected chi connectivity index (χ0v) is 11.6. The molecule has 20 heavy (non-hydrogen) atoms. The van der Waals surface area contributed by atoms with Gasteiger partial charge in [-0.05, 0) is 37.5 Å². The van der Waals surface area contributed by atoms with E-state index in [9.17, 15) is 4.79 Å². The molecule has 0 spiro atoms. The molecule has 0 unspecified atom stereocenters. The zero-order chi connectivity index (χ0) is 14.4. The number of nitrogens with one attached hydrogen (secondary N) is 1. The predicted molar refractivity (Wildman–Crippen MR) is 78.0 cm³/mol. The molecule has 1 heterocycles. The van der Waals surface area contributed by atoms with E-state index in [1.807, 2.05) is 43.3 Å². The Labute approximate surface area is 119 Å². The average molecular weight is 272 g/mol. The fourth-order valence-corrected chi connectivity index (χ4v) is 2.03. The summed E-state index contributed by atoms with van der Waals surface area (Å²) in [5.41, 5.74) is 7.11. The lowest BCUT2D eigenvalue weighted by atomic mass is 10.1. The molecule has 1 amide bonds. The van der Waals surface area contributed by atoms with Gasteiger partial charge in [0.05, 0.1) is 18.3 Å². The topological polar surface area (TPSA) is 68.3 Å². The third-order valence-corrected chi connectivity index (χ3v) is 3.25. The van der Waals surface area contributed by atoms with Crippen molar-refractivity contribution in [1.82, 2.24) is 5.32 Å². The Hall–Kier alpha value is -2.07. The monoisotopic (exact) mass is 272 g/mol. The zero-order valence-electron chi connectivity index (χ0n) is 11.6. The van der Waals surface area contributed by atoms with Crippen molar-refractivity contribution < 1.29 is 9.21 Å². The largest absolute Gasteiger partial charge is 0.467 e. The van der Waals surface area contributed by atoms with Crippen molar-refractivity contribution >= 4 is 5.91 Å². The molecule has 2 rings (SSSR count). The second-order valence-electron chi connectivity index (χ2n) is 4.88. The summed E-state index contributed by atoms with van der Waals surface area (Å²) >= 11 is 0. The van der Waals surface area contributed by atoms with Crippen molar-refractivity contribution in [3.8, 4) is 0 Å². The number of amides is 1. The van der Waals surface area contributed by atoms with Crippen LogP contribution in [0.4, 0.5) is 0 Å². The Kier molecular flexibility index (Phi) is 4.96. The van der Waals surface area contributed by atoms with Crippen molar-refractivity contribution in [2.45, 2.75) is 31.8 Å². The lowest BCUT2D eigenvalue weighted by Gasteiger charge is -2.16. The summed E-state index contributed by atoms with van der Waals surface area (Å²) in [6, 6.07) is 13.0. The number of carbonyl (C=O) groups is 1. The molecule has 0 fully saturated rings. The molecule has 0 radical (unpaired) electrons. The van der Waals surface area contributed by atoms with E-state index < -0.39 is 6.04 Å². The molecule has 1 aromatic heterocycles. The number of hydrogen-bond acceptors (Lipinski definition) is 3. The van der Waals surface area contributed by atoms with Crippen LogP contribution in [0.5, 0.6) is 0 Å². The van der Waals surface area contributed by atoms with Crippen LogP contribution >= 0.6 is 0 Å². The van der Waals surface area contributed by atoms with E-state index in [-0.39, 0.29) is 11.9 Å². The number of rotatable bonds is 6. The highest BCUT2D eigenvalue weighted by Gasteiger charge is 2.17. The Bertz CT molecular complexity index is 523. The molecular weight excluding hydrogens is 252 g/mol. The summed E-state index contributed by atoms with van der Waals surface area (Å²) in [5.74, 6) is 0.582. The highest BCUT2D eigenvalue weighted by atomic mass is 16.3. The van der Waals surface area contributed by atoms with Gasteiger partial charge >= 0.3 is 0 Å². The van der Waals surface area contributed by atoms with Gasteiger partial charge in [0.15, 0.2) is 0 Å². The van der Waals surface area contributed by atoms with Gasteiger partial charge in [-0.2, -0.15) is 0 Å². The summed E-state index contributed by atoms with van der Waals surface area (Å²) < 4.78 is 5.25. The number of benzene rings is 1. The molecule has 0 aliphatic rings. The molecule has 0 aliphatic carbocycles. The van der Waals surface area contributed by atoms with Crippen LogP contribution in [0.25, 0.3) is 0 Å². The molecule has 106 valence electrons. The van der Waals surface area contributed by atoms with Gasteiger partial charge in [0.1, 0.15) is 5.76 Å². The van der Waals surface area contributed by atoms with Crippen LogP contribution in [0.3, 0.4) is 0 Å².